The van der Waals surface area contributed by atoms with Gasteiger partial charge in [0.05, 0.1) is 17.3 Å². The molecule has 0 fully saturated rings. The number of ether oxygens (including phenoxy) is 1. The predicted octanol–water partition coefficient (Wildman–Crippen LogP) is 4.31. The molecule has 0 aliphatic rings. The highest BCUT2D eigenvalue weighted by molar-refractivity contribution is 7.19. The minimum absolute atomic E-state index is 0.0571. The van der Waals surface area contributed by atoms with Gasteiger partial charge in [-0.1, -0.05) is 25.1 Å². The molecule has 0 saturated heterocycles. The number of hydrogen-bond donors (Lipinski definition) is 1. The van der Waals surface area contributed by atoms with Crippen LogP contribution in [-0.4, -0.2) is 23.6 Å². The van der Waals surface area contributed by atoms with Crippen molar-refractivity contribution in [2.45, 2.75) is 33.7 Å². The second kappa shape index (κ2) is 7.33. The number of aryl methyl sites for hydroxylation is 3. The third-order valence-corrected chi connectivity index (χ3v) is 5.40. The third kappa shape index (κ3) is 3.37. The number of carbonyl (C=O) groups is 2. The van der Waals surface area contributed by atoms with Gasteiger partial charge < -0.3 is 14.6 Å². The summed E-state index contributed by atoms with van der Waals surface area (Å²) < 4.78 is 7.57. The molecule has 2 aromatic heterocycles. The highest BCUT2D eigenvalue weighted by atomic mass is 32.1. The van der Waals surface area contributed by atoms with E-state index in [1.54, 1.807) is 22.0 Å². The lowest BCUT2D eigenvalue weighted by molar-refractivity contribution is -0.116. The van der Waals surface area contributed by atoms with E-state index in [0.29, 0.717) is 5.69 Å². The van der Waals surface area contributed by atoms with Crippen LogP contribution in [0.25, 0.3) is 10.2 Å². The van der Waals surface area contributed by atoms with E-state index >= 15 is 0 Å². The van der Waals surface area contributed by atoms with Gasteiger partial charge in [0.15, 0.2) is 0 Å². The number of anilines is 1. The Balaban J connectivity index is 1.93. The molecule has 0 aliphatic carbocycles. The first-order valence-electron chi connectivity index (χ1n) is 8.51. The van der Waals surface area contributed by atoms with Crippen LogP contribution in [0.3, 0.4) is 0 Å². The first kappa shape index (κ1) is 18.2. The van der Waals surface area contributed by atoms with Crippen LogP contribution < -0.4 is 5.32 Å². The predicted molar refractivity (Wildman–Crippen MR) is 105 cm³/mol. The summed E-state index contributed by atoms with van der Waals surface area (Å²) in [4.78, 5) is 26.0. The number of aromatic nitrogens is 1. The second-order valence-electron chi connectivity index (χ2n) is 6.22. The van der Waals surface area contributed by atoms with Gasteiger partial charge in [-0.25, -0.2) is 4.79 Å². The van der Waals surface area contributed by atoms with Gasteiger partial charge in [-0.15, -0.1) is 11.3 Å². The number of amides is 1. The number of para-hydroxylation sites is 1. The molecule has 0 radical (unpaired) electrons. The molecule has 2 heterocycles. The number of nitrogens with one attached hydrogen (secondary N) is 1. The Morgan fingerprint density at radius 1 is 1.23 bits per heavy atom. The van der Waals surface area contributed by atoms with Crippen LogP contribution in [-0.2, 0) is 22.5 Å². The maximum absolute atomic E-state index is 12.7. The molecule has 3 aromatic rings. The SMILES string of the molecule is CCc1cccc(C)c1NC(=O)Cn1c(C(=O)OC)cc2sc(C)cc21. The van der Waals surface area contributed by atoms with Crippen LogP contribution in [0.15, 0.2) is 30.3 Å². The fourth-order valence-electron chi connectivity index (χ4n) is 3.13. The molecule has 5 nitrogen and oxygen atoms in total. The van der Waals surface area contributed by atoms with Crippen molar-refractivity contribution in [1.29, 1.82) is 0 Å². The molecule has 1 N–H and O–H groups in total. The van der Waals surface area contributed by atoms with Crippen molar-refractivity contribution < 1.29 is 14.3 Å². The van der Waals surface area contributed by atoms with Gasteiger partial charge in [-0.05, 0) is 43.5 Å². The smallest absolute Gasteiger partial charge is 0.354 e. The van der Waals surface area contributed by atoms with E-state index in [1.807, 2.05) is 38.1 Å². The summed E-state index contributed by atoms with van der Waals surface area (Å²) in [5, 5.41) is 3.02. The minimum Gasteiger partial charge on any atom is -0.464 e. The van der Waals surface area contributed by atoms with Crippen molar-refractivity contribution in [1.82, 2.24) is 4.57 Å². The average Bonchev–Trinajstić information content (AvgIpc) is 3.13. The molecule has 0 atom stereocenters. The van der Waals surface area contributed by atoms with E-state index in [0.717, 1.165) is 38.3 Å². The van der Waals surface area contributed by atoms with Gasteiger partial charge in [0, 0.05) is 10.6 Å². The van der Waals surface area contributed by atoms with Crippen molar-refractivity contribution in [3.05, 3.63) is 52.0 Å². The molecule has 0 bridgehead atoms. The Kier molecular flexibility index (Phi) is 5.13. The fourth-order valence-corrected chi connectivity index (χ4v) is 4.10. The van der Waals surface area contributed by atoms with E-state index in [1.165, 1.54) is 7.11 Å². The van der Waals surface area contributed by atoms with Crippen LogP contribution >= 0.6 is 11.3 Å². The van der Waals surface area contributed by atoms with E-state index in [2.05, 4.69) is 12.2 Å². The largest absolute Gasteiger partial charge is 0.464 e. The van der Waals surface area contributed by atoms with Crippen LogP contribution in [0.5, 0.6) is 0 Å². The Labute approximate surface area is 156 Å². The number of hydrogen-bond acceptors (Lipinski definition) is 4. The van der Waals surface area contributed by atoms with Gasteiger partial charge in [0.25, 0.3) is 0 Å². The third-order valence-electron chi connectivity index (χ3n) is 4.41. The number of benzene rings is 1. The van der Waals surface area contributed by atoms with Gasteiger partial charge in [-0.2, -0.15) is 0 Å². The summed E-state index contributed by atoms with van der Waals surface area (Å²) in [6.07, 6.45) is 0.836. The number of thiophene rings is 1. The van der Waals surface area contributed by atoms with Gasteiger partial charge in [-0.3, -0.25) is 4.79 Å². The summed E-state index contributed by atoms with van der Waals surface area (Å²) in [7, 11) is 1.35. The fraction of sp³-hybridized carbons (Fsp3) is 0.300. The topological polar surface area (TPSA) is 60.3 Å². The van der Waals surface area contributed by atoms with Crippen molar-refractivity contribution in [2.24, 2.45) is 0 Å². The van der Waals surface area contributed by atoms with E-state index in [-0.39, 0.29) is 12.5 Å². The molecule has 0 aliphatic heterocycles. The monoisotopic (exact) mass is 370 g/mol. The number of carbonyl (C=O) groups excluding carboxylic acids is 2. The Hall–Kier alpha value is -2.60. The molecule has 1 aromatic carbocycles. The first-order valence-corrected chi connectivity index (χ1v) is 9.32. The molecule has 0 unspecified atom stereocenters. The Morgan fingerprint density at radius 3 is 2.69 bits per heavy atom. The second-order valence-corrected chi connectivity index (χ2v) is 7.51. The molecular weight excluding hydrogens is 348 g/mol. The number of methoxy groups -OCH3 is 1. The summed E-state index contributed by atoms with van der Waals surface area (Å²) in [5.74, 6) is -0.607. The zero-order valence-electron chi connectivity index (χ0n) is 15.4. The van der Waals surface area contributed by atoms with Crippen LogP contribution in [0.4, 0.5) is 5.69 Å². The van der Waals surface area contributed by atoms with Gasteiger partial charge in [0.2, 0.25) is 5.91 Å². The van der Waals surface area contributed by atoms with Crippen molar-refractivity contribution in [3.63, 3.8) is 0 Å². The zero-order valence-corrected chi connectivity index (χ0v) is 16.2. The molecular formula is C20H22N2O3S. The summed E-state index contributed by atoms with van der Waals surface area (Å²) in [6, 6.07) is 9.76. The summed E-state index contributed by atoms with van der Waals surface area (Å²) in [5.41, 5.74) is 4.24. The van der Waals surface area contributed by atoms with Gasteiger partial charge >= 0.3 is 5.97 Å². The first-order chi connectivity index (χ1) is 12.4. The standard InChI is InChI=1S/C20H22N2O3S/c1-5-14-8-6-7-12(2)19(14)21-18(23)11-22-15-9-13(3)26-17(15)10-16(22)20(24)25-4/h6-10H,5,11H2,1-4H3,(H,21,23). The molecule has 0 spiro atoms. The molecule has 1 amide bonds. The zero-order chi connectivity index (χ0) is 18.8. The minimum atomic E-state index is -0.441. The van der Waals surface area contributed by atoms with Crippen LogP contribution in [0.1, 0.15) is 33.4 Å². The van der Waals surface area contributed by atoms with Crippen molar-refractivity contribution in [2.75, 3.05) is 12.4 Å². The van der Waals surface area contributed by atoms with Crippen LogP contribution in [0, 0.1) is 13.8 Å². The maximum atomic E-state index is 12.7. The molecule has 26 heavy (non-hydrogen) atoms. The summed E-state index contributed by atoms with van der Waals surface area (Å²) in [6.45, 7) is 6.10. The van der Waals surface area contributed by atoms with E-state index in [9.17, 15) is 9.59 Å². The van der Waals surface area contributed by atoms with Crippen molar-refractivity contribution >= 4 is 39.1 Å². The lowest BCUT2D eigenvalue weighted by atomic mass is 10.1. The van der Waals surface area contributed by atoms with E-state index < -0.39 is 5.97 Å². The number of fused-ring (bicyclic) bond motifs is 1. The Bertz CT molecular complexity index is 985. The highest BCUT2D eigenvalue weighted by Crippen LogP contribution is 2.29. The molecule has 136 valence electrons. The average molecular weight is 370 g/mol. The van der Waals surface area contributed by atoms with E-state index in [4.69, 9.17) is 4.74 Å². The quantitative estimate of drug-likeness (QED) is 0.681. The lowest BCUT2D eigenvalue weighted by Gasteiger charge is -2.14. The number of esters is 1. The van der Waals surface area contributed by atoms with Crippen LogP contribution in [0.2, 0.25) is 0 Å². The normalized spacial score (nSPS) is 10.9. The molecule has 3 rings (SSSR count). The molecule has 6 heteroatoms. The lowest BCUT2D eigenvalue weighted by Crippen LogP contribution is -2.22. The maximum Gasteiger partial charge on any atom is 0.354 e. The summed E-state index contributed by atoms with van der Waals surface area (Å²) >= 11 is 1.59. The number of rotatable bonds is 5. The number of nitrogens with zero attached hydrogens (tertiary/aromatic N) is 1. The van der Waals surface area contributed by atoms with Crippen molar-refractivity contribution in [3.8, 4) is 0 Å². The Morgan fingerprint density at radius 2 is 2.00 bits per heavy atom. The van der Waals surface area contributed by atoms with Gasteiger partial charge in [0.1, 0.15) is 12.2 Å². The highest BCUT2D eigenvalue weighted by Gasteiger charge is 2.20. The molecule has 0 saturated carbocycles.